The summed E-state index contributed by atoms with van der Waals surface area (Å²) in [4.78, 5) is 33.2. The molecule has 0 heterocycles. The van der Waals surface area contributed by atoms with E-state index in [2.05, 4.69) is 10.6 Å². The van der Waals surface area contributed by atoms with Crippen LogP contribution in [0.4, 0.5) is 4.79 Å². The number of carbonyl (C=O) groups excluding carboxylic acids is 2. The molecule has 5 N–H and O–H groups in total. The molecule has 0 aromatic rings. The fourth-order valence-corrected chi connectivity index (χ4v) is 1.14. The second kappa shape index (κ2) is 7.57. The Balaban J connectivity index is 4.10. The second-order valence-electron chi connectivity index (χ2n) is 4.88. The number of nitrogens with two attached hydrogens (primary N) is 1. The van der Waals surface area contributed by atoms with Gasteiger partial charge in [0.2, 0.25) is 5.91 Å². The number of carbonyl (C=O) groups is 3. The van der Waals surface area contributed by atoms with Gasteiger partial charge in [-0.05, 0) is 27.2 Å². The zero-order valence-electron chi connectivity index (χ0n) is 11.4. The van der Waals surface area contributed by atoms with E-state index in [9.17, 15) is 14.4 Å². The van der Waals surface area contributed by atoms with Crippen molar-refractivity contribution in [1.82, 2.24) is 10.6 Å². The zero-order valence-corrected chi connectivity index (χ0v) is 11.4. The normalized spacial score (nSPS) is 12.4. The molecule has 0 unspecified atom stereocenters. The Hall–Kier alpha value is -1.83. The van der Waals surface area contributed by atoms with Crippen LogP contribution in [-0.2, 0) is 14.3 Å². The largest absolute Gasteiger partial charge is 0.480 e. The molecule has 0 saturated heterocycles. The Morgan fingerprint density at radius 2 is 1.89 bits per heavy atom. The summed E-state index contributed by atoms with van der Waals surface area (Å²) < 4.78 is 4.98. The SMILES string of the molecule is CC(C)(C)OC(=O)NCC[C@H](NC(=O)CN)C(=O)O. The van der Waals surface area contributed by atoms with E-state index >= 15 is 0 Å². The molecule has 0 radical (unpaired) electrons. The molecule has 0 rings (SSSR count). The molecule has 110 valence electrons. The summed E-state index contributed by atoms with van der Waals surface area (Å²) in [6.45, 7) is 4.93. The second-order valence-corrected chi connectivity index (χ2v) is 4.88. The Labute approximate surface area is 111 Å². The molecule has 8 nitrogen and oxygen atoms in total. The van der Waals surface area contributed by atoms with Crippen LogP contribution in [-0.4, -0.2) is 47.8 Å². The minimum absolute atomic E-state index is 0.0420. The van der Waals surface area contributed by atoms with Crippen molar-refractivity contribution in [3.63, 3.8) is 0 Å². The molecule has 8 heteroatoms. The van der Waals surface area contributed by atoms with Crippen LogP contribution in [0.25, 0.3) is 0 Å². The van der Waals surface area contributed by atoms with Gasteiger partial charge in [0.05, 0.1) is 6.54 Å². The van der Waals surface area contributed by atoms with Gasteiger partial charge in [-0.2, -0.15) is 0 Å². The third-order valence-electron chi connectivity index (χ3n) is 1.92. The Kier molecular flexibility index (Phi) is 6.84. The van der Waals surface area contributed by atoms with E-state index < -0.39 is 29.6 Å². The first kappa shape index (κ1) is 17.2. The first-order valence-corrected chi connectivity index (χ1v) is 5.85. The molecule has 0 spiro atoms. The molecule has 0 fully saturated rings. The van der Waals surface area contributed by atoms with Crippen LogP contribution in [0, 0.1) is 0 Å². The minimum Gasteiger partial charge on any atom is -0.480 e. The van der Waals surface area contributed by atoms with E-state index in [0.717, 1.165) is 0 Å². The number of hydrogen-bond donors (Lipinski definition) is 4. The number of carboxylic acid groups (broad SMARTS) is 1. The average molecular weight is 275 g/mol. The van der Waals surface area contributed by atoms with Crippen molar-refractivity contribution >= 4 is 18.0 Å². The third-order valence-corrected chi connectivity index (χ3v) is 1.92. The summed E-state index contributed by atoms with van der Waals surface area (Å²) in [6, 6.07) is -1.09. The van der Waals surface area contributed by atoms with E-state index in [0.29, 0.717) is 0 Å². The highest BCUT2D eigenvalue weighted by molar-refractivity contribution is 5.84. The fraction of sp³-hybridized carbons (Fsp3) is 0.727. The Morgan fingerprint density at radius 1 is 1.32 bits per heavy atom. The molecule has 0 saturated carbocycles. The van der Waals surface area contributed by atoms with Crippen molar-refractivity contribution in [1.29, 1.82) is 0 Å². The molecule has 19 heavy (non-hydrogen) atoms. The fourth-order valence-electron chi connectivity index (χ4n) is 1.14. The van der Waals surface area contributed by atoms with Gasteiger partial charge >= 0.3 is 12.1 Å². The van der Waals surface area contributed by atoms with E-state index in [4.69, 9.17) is 15.6 Å². The standard InChI is InChI=1S/C11H21N3O5/c1-11(2,3)19-10(18)13-5-4-7(9(16)17)14-8(15)6-12/h7H,4-6,12H2,1-3H3,(H,13,18)(H,14,15)(H,16,17)/t7-/m0/s1. The van der Waals surface area contributed by atoms with Crippen molar-refractivity contribution in [2.45, 2.75) is 38.8 Å². The van der Waals surface area contributed by atoms with Crippen LogP contribution in [0.3, 0.4) is 0 Å². The lowest BCUT2D eigenvalue weighted by Crippen LogP contribution is -2.45. The first-order chi connectivity index (χ1) is 8.65. The maximum Gasteiger partial charge on any atom is 0.407 e. The monoisotopic (exact) mass is 275 g/mol. The van der Waals surface area contributed by atoms with E-state index in [1.165, 1.54) is 0 Å². The lowest BCUT2D eigenvalue weighted by Gasteiger charge is -2.20. The average Bonchev–Trinajstić information content (AvgIpc) is 2.24. The van der Waals surface area contributed by atoms with Crippen LogP contribution in [0.15, 0.2) is 0 Å². The quantitative estimate of drug-likeness (QED) is 0.513. The number of ether oxygens (including phenoxy) is 1. The predicted molar refractivity (Wildman–Crippen MR) is 67.5 cm³/mol. The molecule has 0 bridgehead atoms. The maximum atomic E-state index is 11.3. The van der Waals surface area contributed by atoms with Crippen LogP contribution >= 0.6 is 0 Å². The lowest BCUT2D eigenvalue weighted by atomic mass is 10.2. The highest BCUT2D eigenvalue weighted by Crippen LogP contribution is 2.06. The topological polar surface area (TPSA) is 131 Å². The highest BCUT2D eigenvalue weighted by atomic mass is 16.6. The van der Waals surface area contributed by atoms with Crippen molar-refractivity contribution < 1.29 is 24.2 Å². The molecular weight excluding hydrogens is 254 g/mol. The molecule has 2 amide bonds. The Morgan fingerprint density at radius 3 is 2.32 bits per heavy atom. The Bertz CT molecular complexity index is 338. The van der Waals surface area contributed by atoms with Crippen molar-refractivity contribution in [2.24, 2.45) is 5.73 Å². The van der Waals surface area contributed by atoms with Crippen molar-refractivity contribution in [2.75, 3.05) is 13.1 Å². The number of nitrogens with one attached hydrogen (secondary N) is 2. The number of carboxylic acids is 1. The molecule has 0 aliphatic heterocycles. The summed E-state index contributed by atoms with van der Waals surface area (Å²) >= 11 is 0. The van der Waals surface area contributed by atoms with Gasteiger partial charge < -0.3 is 26.2 Å². The van der Waals surface area contributed by atoms with E-state index in [1.54, 1.807) is 20.8 Å². The molecule has 0 aliphatic rings. The predicted octanol–water partition coefficient (Wildman–Crippen LogP) is -0.571. The summed E-state index contributed by atoms with van der Waals surface area (Å²) in [7, 11) is 0. The summed E-state index contributed by atoms with van der Waals surface area (Å²) in [6.07, 6.45) is -0.595. The number of alkyl carbamates (subject to hydrolysis) is 1. The van der Waals surface area contributed by atoms with Gasteiger partial charge in [0.25, 0.3) is 0 Å². The van der Waals surface area contributed by atoms with Gasteiger partial charge in [0.1, 0.15) is 11.6 Å². The summed E-state index contributed by atoms with van der Waals surface area (Å²) in [5.74, 6) is -1.75. The molecule has 0 aromatic carbocycles. The van der Waals surface area contributed by atoms with Crippen molar-refractivity contribution in [3.8, 4) is 0 Å². The van der Waals surface area contributed by atoms with Gasteiger partial charge in [-0.15, -0.1) is 0 Å². The number of rotatable bonds is 6. The highest BCUT2D eigenvalue weighted by Gasteiger charge is 2.20. The van der Waals surface area contributed by atoms with Crippen LogP contribution in [0.2, 0.25) is 0 Å². The molecule has 0 aliphatic carbocycles. The number of aliphatic carboxylic acids is 1. The van der Waals surface area contributed by atoms with Gasteiger partial charge in [0.15, 0.2) is 0 Å². The van der Waals surface area contributed by atoms with Crippen LogP contribution in [0.1, 0.15) is 27.2 Å². The molecule has 0 aromatic heterocycles. The van der Waals surface area contributed by atoms with E-state index in [-0.39, 0.29) is 19.5 Å². The van der Waals surface area contributed by atoms with Crippen molar-refractivity contribution in [3.05, 3.63) is 0 Å². The zero-order chi connectivity index (χ0) is 15.1. The van der Waals surface area contributed by atoms with E-state index in [1.807, 2.05) is 0 Å². The summed E-state index contributed by atoms with van der Waals surface area (Å²) in [5, 5.41) is 13.5. The van der Waals surface area contributed by atoms with Gasteiger partial charge in [-0.25, -0.2) is 9.59 Å². The minimum atomic E-state index is -1.19. The van der Waals surface area contributed by atoms with Crippen LogP contribution in [0.5, 0.6) is 0 Å². The van der Waals surface area contributed by atoms with Gasteiger partial charge in [-0.3, -0.25) is 4.79 Å². The molecular formula is C11H21N3O5. The lowest BCUT2D eigenvalue weighted by molar-refractivity contribution is -0.141. The number of amides is 2. The smallest absolute Gasteiger partial charge is 0.407 e. The van der Waals surface area contributed by atoms with Crippen LogP contribution < -0.4 is 16.4 Å². The number of hydrogen-bond acceptors (Lipinski definition) is 5. The van der Waals surface area contributed by atoms with Gasteiger partial charge in [0, 0.05) is 6.54 Å². The summed E-state index contributed by atoms with van der Waals surface area (Å²) in [5.41, 5.74) is 4.45. The third kappa shape index (κ3) is 8.83. The molecule has 1 atom stereocenters. The maximum absolute atomic E-state index is 11.3. The first-order valence-electron chi connectivity index (χ1n) is 5.85. The van der Waals surface area contributed by atoms with Gasteiger partial charge in [-0.1, -0.05) is 0 Å².